The largest absolute Gasteiger partial charge is 0.369 e. The summed E-state index contributed by atoms with van der Waals surface area (Å²) in [7, 11) is 0. The molecule has 0 saturated carbocycles. The molecule has 0 spiro atoms. The van der Waals surface area contributed by atoms with Crippen LogP contribution in [0.25, 0.3) is 0 Å². The highest BCUT2D eigenvalue weighted by atomic mass is 16.5. The fourth-order valence-electron chi connectivity index (χ4n) is 3.45. The van der Waals surface area contributed by atoms with E-state index in [0.29, 0.717) is 19.1 Å². The summed E-state index contributed by atoms with van der Waals surface area (Å²) in [4.78, 5) is 14.7. The maximum absolute atomic E-state index is 12.7. The number of nitrogens with zero attached hydrogens (tertiary/aromatic N) is 1. The van der Waals surface area contributed by atoms with Crippen LogP contribution in [0.2, 0.25) is 0 Å². The third kappa shape index (κ3) is 4.15. The quantitative estimate of drug-likeness (QED) is 0.635. The fraction of sp³-hybridized carbons (Fsp3) is 0.526. The number of piperidine rings is 1. The Hall–Kier alpha value is -1.87. The Kier molecular flexibility index (Phi) is 5.86. The van der Waals surface area contributed by atoms with Crippen molar-refractivity contribution >= 4 is 5.91 Å². The van der Waals surface area contributed by atoms with Crippen LogP contribution >= 0.6 is 0 Å². The van der Waals surface area contributed by atoms with Gasteiger partial charge in [-0.25, -0.2) is 10.9 Å². The summed E-state index contributed by atoms with van der Waals surface area (Å²) in [5.41, 5.74) is 7.63. The number of terminal acetylenes is 1. The predicted molar refractivity (Wildman–Crippen MR) is 92.8 cm³/mol. The van der Waals surface area contributed by atoms with Crippen molar-refractivity contribution in [1.29, 1.82) is 0 Å². The summed E-state index contributed by atoms with van der Waals surface area (Å²) in [6.07, 6.45) is 7.94. The van der Waals surface area contributed by atoms with Crippen LogP contribution in [0.5, 0.6) is 0 Å². The van der Waals surface area contributed by atoms with Gasteiger partial charge < -0.3 is 9.64 Å². The summed E-state index contributed by atoms with van der Waals surface area (Å²) < 4.78 is 5.42. The first-order valence-corrected chi connectivity index (χ1v) is 8.64. The van der Waals surface area contributed by atoms with Crippen molar-refractivity contribution in [2.75, 3.05) is 26.3 Å². The average Bonchev–Trinajstić information content (AvgIpc) is 3.13. The van der Waals surface area contributed by atoms with Gasteiger partial charge in [0.2, 0.25) is 5.91 Å². The SMILES string of the molecule is C#CCOCC1CCN(C(=O)C2CC(c3ccccc3)NN2)CC1. The van der Waals surface area contributed by atoms with Gasteiger partial charge in [-0.15, -0.1) is 6.42 Å². The number of rotatable bonds is 5. The number of benzene rings is 1. The minimum absolute atomic E-state index is 0.149. The topological polar surface area (TPSA) is 53.6 Å². The summed E-state index contributed by atoms with van der Waals surface area (Å²) in [5, 5.41) is 0. The van der Waals surface area contributed by atoms with E-state index < -0.39 is 0 Å². The van der Waals surface area contributed by atoms with Crippen LogP contribution in [0.1, 0.15) is 30.9 Å². The molecule has 0 aliphatic carbocycles. The minimum Gasteiger partial charge on any atom is -0.369 e. The molecule has 3 rings (SSSR count). The molecule has 2 heterocycles. The molecular weight excluding hydrogens is 302 g/mol. The van der Waals surface area contributed by atoms with Crippen molar-refractivity contribution in [1.82, 2.24) is 15.8 Å². The molecule has 2 aliphatic heterocycles. The first kappa shape index (κ1) is 17.0. The average molecular weight is 327 g/mol. The number of hydrazine groups is 1. The first-order valence-electron chi connectivity index (χ1n) is 8.64. The van der Waals surface area contributed by atoms with Crippen molar-refractivity contribution in [2.24, 2.45) is 5.92 Å². The third-order valence-corrected chi connectivity index (χ3v) is 4.87. The second-order valence-corrected chi connectivity index (χ2v) is 6.53. The first-order chi connectivity index (χ1) is 11.8. The lowest BCUT2D eigenvalue weighted by Gasteiger charge is -2.33. The number of likely N-dealkylation sites (tertiary alicyclic amines) is 1. The Morgan fingerprint density at radius 2 is 2.00 bits per heavy atom. The summed E-state index contributed by atoms with van der Waals surface area (Å²) in [6.45, 7) is 2.68. The van der Waals surface area contributed by atoms with E-state index >= 15 is 0 Å². The summed E-state index contributed by atoms with van der Waals surface area (Å²) in [6, 6.07) is 10.3. The van der Waals surface area contributed by atoms with E-state index in [-0.39, 0.29) is 18.0 Å². The van der Waals surface area contributed by atoms with Gasteiger partial charge in [-0.05, 0) is 30.7 Å². The van der Waals surface area contributed by atoms with Crippen LogP contribution in [-0.4, -0.2) is 43.2 Å². The molecule has 0 aromatic heterocycles. The highest BCUT2D eigenvalue weighted by Crippen LogP contribution is 2.24. The monoisotopic (exact) mass is 327 g/mol. The van der Waals surface area contributed by atoms with E-state index in [0.717, 1.165) is 32.4 Å². The van der Waals surface area contributed by atoms with Crippen LogP contribution in [-0.2, 0) is 9.53 Å². The van der Waals surface area contributed by atoms with Gasteiger partial charge in [0.25, 0.3) is 0 Å². The van der Waals surface area contributed by atoms with E-state index in [4.69, 9.17) is 11.2 Å². The standard InChI is InChI=1S/C19H25N3O2/c1-2-12-24-14-15-8-10-22(11-9-15)19(23)18-13-17(20-21-18)16-6-4-3-5-7-16/h1,3-7,15,17-18,20-21H,8-14H2. The fourth-order valence-corrected chi connectivity index (χ4v) is 3.45. The Bertz CT molecular complexity index is 576. The van der Waals surface area contributed by atoms with E-state index in [1.54, 1.807) is 0 Å². The molecule has 5 nitrogen and oxygen atoms in total. The zero-order valence-electron chi connectivity index (χ0n) is 13.9. The van der Waals surface area contributed by atoms with Gasteiger partial charge in [0.05, 0.1) is 6.61 Å². The zero-order valence-corrected chi connectivity index (χ0v) is 13.9. The van der Waals surface area contributed by atoms with Gasteiger partial charge in [0.1, 0.15) is 12.6 Å². The maximum atomic E-state index is 12.7. The lowest BCUT2D eigenvalue weighted by Crippen LogP contribution is -2.48. The number of amides is 1. The number of nitrogens with one attached hydrogen (secondary N) is 2. The zero-order chi connectivity index (χ0) is 16.8. The van der Waals surface area contributed by atoms with Crippen LogP contribution in [0.15, 0.2) is 30.3 Å². The summed E-state index contributed by atoms with van der Waals surface area (Å²) >= 11 is 0. The number of carbonyl (C=O) groups is 1. The Morgan fingerprint density at radius 1 is 1.25 bits per heavy atom. The molecule has 5 heteroatoms. The molecule has 2 N–H and O–H groups in total. The van der Waals surface area contributed by atoms with Gasteiger partial charge in [-0.2, -0.15) is 0 Å². The van der Waals surface area contributed by atoms with Crippen molar-refractivity contribution < 1.29 is 9.53 Å². The number of ether oxygens (including phenoxy) is 1. The molecule has 2 saturated heterocycles. The molecule has 1 aromatic carbocycles. The Labute approximate surface area is 143 Å². The lowest BCUT2D eigenvalue weighted by molar-refractivity contribution is -0.134. The van der Waals surface area contributed by atoms with Gasteiger partial charge in [0, 0.05) is 19.1 Å². The molecule has 2 aliphatic rings. The van der Waals surface area contributed by atoms with Gasteiger partial charge in [-0.1, -0.05) is 36.3 Å². The summed E-state index contributed by atoms with van der Waals surface area (Å²) in [5.74, 6) is 3.19. The molecule has 2 unspecified atom stereocenters. The second kappa shape index (κ2) is 8.29. The van der Waals surface area contributed by atoms with Crippen LogP contribution < -0.4 is 10.9 Å². The van der Waals surface area contributed by atoms with E-state index in [1.807, 2.05) is 23.1 Å². The van der Waals surface area contributed by atoms with Gasteiger partial charge in [-0.3, -0.25) is 4.79 Å². The molecular formula is C19H25N3O2. The van der Waals surface area contributed by atoms with Crippen LogP contribution in [0.4, 0.5) is 0 Å². The Morgan fingerprint density at radius 3 is 2.71 bits per heavy atom. The van der Waals surface area contributed by atoms with Gasteiger partial charge >= 0.3 is 0 Å². The number of carbonyl (C=O) groups excluding carboxylic acids is 1. The van der Waals surface area contributed by atoms with Crippen molar-refractivity contribution in [3.8, 4) is 12.3 Å². The Balaban J connectivity index is 1.46. The smallest absolute Gasteiger partial charge is 0.241 e. The maximum Gasteiger partial charge on any atom is 0.241 e. The van der Waals surface area contributed by atoms with E-state index in [1.165, 1.54) is 5.56 Å². The molecule has 0 radical (unpaired) electrons. The second-order valence-electron chi connectivity index (χ2n) is 6.53. The van der Waals surface area contributed by atoms with Crippen LogP contribution in [0.3, 0.4) is 0 Å². The van der Waals surface area contributed by atoms with Crippen molar-refractivity contribution in [2.45, 2.75) is 31.3 Å². The number of hydrogen-bond acceptors (Lipinski definition) is 4. The van der Waals surface area contributed by atoms with Crippen molar-refractivity contribution in [3.05, 3.63) is 35.9 Å². The van der Waals surface area contributed by atoms with E-state index in [2.05, 4.69) is 28.9 Å². The third-order valence-electron chi connectivity index (χ3n) is 4.87. The minimum atomic E-state index is -0.149. The van der Waals surface area contributed by atoms with Crippen molar-refractivity contribution in [3.63, 3.8) is 0 Å². The predicted octanol–water partition coefficient (Wildman–Crippen LogP) is 1.48. The van der Waals surface area contributed by atoms with E-state index in [9.17, 15) is 4.79 Å². The highest BCUT2D eigenvalue weighted by molar-refractivity contribution is 5.82. The molecule has 24 heavy (non-hydrogen) atoms. The van der Waals surface area contributed by atoms with Gasteiger partial charge in [0.15, 0.2) is 0 Å². The molecule has 1 amide bonds. The normalized spacial score (nSPS) is 24.7. The molecule has 0 bridgehead atoms. The molecule has 2 fully saturated rings. The molecule has 1 aromatic rings. The number of hydrogen-bond donors (Lipinski definition) is 2. The molecule has 2 atom stereocenters. The lowest BCUT2D eigenvalue weighted by atomic mass is 9.96. The van der Waals surface area contributed by atoms with Crippen LogP contribution in [0, 0.1) is 18.3 Å². The molecule has 128 valence electrons. The highest BCUT2D eigenvalue weighted by Gasteiger charge is 2.34.